The van der Waals surface area contributed by atoms with Crippen molar-refractivity contribution < 1.29 is 24.2 Å². The number of hydrogen-bond acceptors (Lipinski definition) is 5. The number of benzene rings is 2. The van der Waals surface area contributed by atoms with Gasteiger partial charge in [-0.2, -0.15) is 5.10 Å². The van der Waals surface area contributed by atoms with Gasteiger partial charge in [-0.1, -0.05) is 37.1 Å². The number of carbonyl (C=O) groups is 2. The predicted molar refractivity (Wildman–Crippen MR) is 120 cm³/mol. The summed E-state index contributed by atoms with van der Waals surface area (Å²) in [6.07, 6.45) is 3.93. The van der Waals surface area contributed by atoms with E-state index >= 15 is 0 Å². The first-order chi connectivity index (χ1) is 15.5. The number of methoxy groups -OCH3 is 2. The minimum Gasteiger partial charge on any atom is -0.493 e. The molecule has 1 fully saturated rings. The first-order valence-electron chi connectivity index (χ1n) is 10.9. The molecule has 2 atom stereocenters. The van der Waals surface area contributed by atoms with Gasteiger partial charge in [-0.15, -0.1) is 0 Å². The molecule has 1 aliphatic heterocycles. The second kappa shape index (κ2) is 9.42. The molecule has 2 aliphatic rings. The fourth-order valence-corrected chi connectivity index (χ4v) is 4.69. The maximum atomic E-state index is 13.3. The number of aliphatic carboxylic acids is 1. The summed E-state index contributed by atoms with van der Waals surface area (Å²) in [4.78, 5) is 24.2. The maximum absolute atomic E-state index is 13.3. The molecule has 0 aromatic heterocycles. The number of rotatable bonds is 7. The fourth-order valence-electron chi connectivity index (χ4n) is 4.69. The van der Waals surface area contributed by atoms with E-state index in [-0.39, 0.29) is 24.2 Å². The molecule has 1 aliphatic carbocycles. The van der Waals surface area contributed by atoms with Crippen LogP contribution in [-0.2, 0) is 22.6 Å². The third-order valence-corrected chi connectivity index (χ3v) is 6.31. The molecule has 1 saturated carbocycles. The van der Waals surface area contributed by atoms with Crippen molar-refractivity contribution in [3.8, 4) is 11.5 Å². The second-order valence-electron chi connectivity index (χ2n) is 8.34. The molecule has 1 N–H and O–H groups in total. The molecule has 4 rings (SSSR count). The Morgan fingerprint density at radius 1 is 1.00 bits per heavy atom. The summed E-state index contributed by atoms with van der Waals surface area (Å²) in [5.41, 5.74) is 3.50. The third kappa shape index (κ3) is 4.47. The molecule has 0 spiro atoms. The quantitative estimate of drug-likeness (QED) is 0.712. The highest BCUT2D eigenvalue weighted by atomic mass is 16.5. The van der Waals surface area contributed by atoms with Crippen LogP contribution in [0.4, 0.5) is 0 Å². The lowest BCUT2D eigenvalue weighted by Gasteiger charge is -2.38. The molecule has 2 aromatic carbocycles. The standard InChI is InChI=1S/C25H28N2O5/c1-31-21-12-11-18(14-22(21)32-2)24-19-5-3-4-6-20(19)25(30)27(26-24)15-17-9-7-16(8-10-17)13-23(28)29/h7-12,14,19-20H,3-6,13,15H2,1-2H3,(H,28,29)/t19-,20+/m1/s1. The monoisotopic (exact) mass is 436 g/mol. The predicted octanol–water partition coefficient (Wildman–Crippen LogP) is 3.88. The largest absolute Gasteiger partial charge is 0.493 e. The number of fused-ring (bicyclic) bond motifs is 1. The second-order valence-corrected chi connectivity index (χ2v) is 8.34. The van der Waals surface area contributed by atoms with Crippen molar-refractivity contribution in [3.63, 3.8) is 0 Å². The van der Waals surface area contributed by atoms with Crippen molar-refractivity contribution in [2.45, 2.75) is 38.6 Å². The Hall–Kier alpha value is -3.35. The van der Waals surface area contributed by atoms with E-state index < -0.39 is 5.97 Å². The molecular formula is C25H28N2O5. The lowest BCUT2D eigenvalue weighted by Crippen LogP contribution is -2.45. The van der Waals surface area contributed by atoms with E-state index in [1.165, 1.54) is 0 Å². The summed E-state index contributed by atoms with van der Waals surface area (Å²) in [5, 5.41) is 15.4. The molecule has 0 saturated heterocycles. The Bertz CT molecular complexity index is 1030. The Labute approximate surface area is 187 Å². The van der Waals surface area contributed by atoms with E-state index in [1.807, 2.05) is 30.3 Å². The zero-order valence-corrected chi connectivity index (χ0v) is 18.4. The SMILES string of the molecule is COc1ccc(C2=NN(Cc3ccc(CC(=O)O)cc3)C(=O)[C@H]3CCCC[C@@H]23)cc1OC. The zero-order chi connectivity index (χ0) is 22.7. The van der Waals surface area contributed by atoms with Crippen LogP contribution in [0, 0.1) is 11.8 Å². The highest BCUT2D eigenvalue weighted by Gasteiger charge is 2.41. The van der Waals surface area contributed by atoms with Crippen LogP contribution < -0.4 is 9.47 Å². The first-order valence-corrected chi connectivity index (χ1v) is 10.9. The van der Waals surface area contributed by atoms with Gasteiger partial charge in [0.15, 0.2) is 11.5 Å². The van der Waals surface area contributed by atoms with Gasteiger partial charge in [0, 0.05) is 17.4 Å². The summed E-state index contributed by atoms with van der Waals surface area (Å²) in [7, 11) is 3.21. The van der Waals surface area contributed by atoms with Crippen LogP contribution in [0.25, 0.3) is 0 Å². The first kappa shape index (κ1) is 21.9. The van der Waals surface area contributed by atoms with Crippen LogP contribution >= 0.6 is 0 Å². The zero-order valence-electron chi connectivity index (χ0n) is 18.4. The normalized spacial score (nSPS) is 20.4. The van der Waals surface area contributed by atoms with Crippen LogP contribution in [0.1, 0.15) is 42.4 Å². The van der Waals surface area contributed by atoms with E-state index in [4.69, 9.17) is 19.7 Å². The molecule has 7 heteroatoms. The van der Waals surface area contributed by atoms with Crippen LogP contribution in [-0.4, -0.2) is 41.9 Å². The molecule has 168 valence electrons. The number of hydrogen-bond donors (Lipinski definition) is 1. The Morgan fingerprint density at radius 2 is 1.66 bits per heavy atom. The van der Waals surface area contributed by atoms with Crippen LogP contribution in [0.2, 0.25) is 0 Å². The van der Waals surface area contributed by atoms with Gasteiger partial charge >= 0.3 is 5.97 Å². The highest BCUT2D eigenvalue weighted by molar-refractivity contribution is 6.07. The molecule has 1 amide bonds. The molecule has 0 radical (unpaired) electrons. The minimum absolute atomic E-state index is 0.0196. The van der Waals surface area contributed by atoms with Gasteiger partial charge in [-0.25, -0.2) is 5.01 Å². The Kier molecular flexibility index (Phi) is 6.44. The van der Waals surface area contributed by atoms with Gasteiger partial charge in [-0.05, 0) is 42.2 Å². The van der Waals surface area contributed by atoms with Crippen LogP contribution in [0.15, 0.2) is 47.6 Å². The van der Waals surface area contributed by atoms with Crippen molar-refractivity contribution in [2.75, 3.05) is 14.2 Å². The van der Waals surface area contributed by atoms with E-state index in [0.717, 1.165) is 48.1 Å². The van der Waals surface area contributed by atoms with Crippen molar-refractivity contribution in [2.24, 2.45) is 16.9 Å². The number of carboxylic acid groups (broad SMARTS) is 1. The van der Waals surface area contributed by atoms with Crippen LogP contribution in [0.3, 0.4) is 0 Å². The average Bonchev–Trinajstić information content (AvgIpc) is 2.81. The molecule has 7 nitrogen and oxygen atoms in total. The molecule has 2 aromatic rings. The van der Waals surface area contributed by atoms with Gasteiger partial charge in [0.25, 0.3) is 0 Å². The average molecular weight is 437 g/mol. The Morgan fingerprint density at radius 3 is 2.31 bits per heavy atom. The van der Waals surface area contributed by atoms with E-state index in [1.54, 1.807) is 31.4 Å². The summed E-state index contributed by atoms with van der Waals surface area (Å²) < 4.78 is 10.9. The topological polar surface area (TPSA) is 88.4 Å². The van der Waals surface area contributed by atoms with Gasteiger partial charge in [-0.3, -0.25) is 9.59 Å². The smallest absolute Gasteiger partial charge is 0.307 e. The summed E-state index contributed by atoms with van der Waals surface area (Å²) in [6, 6.07) is 13.1. The van der Waals surface area contributed by atoms with Crippen molar-refractivity contribution >= 4 is 17.6 Å². The molecule has 32 heavy (non-hydrogen) atoms. The summed E-state index contributed by atoms with van der Waals surface area (Å²) in [5.74, 6) is 0.518. The van der Waals surface area contributed by atoms with Crippen molar-refractivity contribution in [1.29, 1.82) is 0 Å². The van der Waals surface area contributed by atoms with Crippen molar-refractivity contribution in [1.82, 2.24) is 5.01 Å². The van der Waals surface area contributed by atoms with Crippen LogP contribution in [0.5, 0.6) is 11.5 Å². The van der Waals surface area contributed by atoms with Gasteiger partial charge in [0.2, 0.25) is 5.91 Å². The maximum Gasteiger partial charge on any atom is 0.307 e. The number of carboxylic acids is 1. The molecule has 1 heterocycles. The van der Waals surface area contributed by atoms with Gasteiger partial charge in [0.1, 0.15) is 0 Å². The number of hydrazone groups is 1. The molecule has 0 bridgehead atoms. The number of carbonyl (C=O) groups excluding carboxylic acids is 1. The minimum atomic E-state index is -0.864. The fraction of sp³-hybridized carbons (Fsp3) is 0.400. The van der Waals surface area contributed by atoms with E-state index in [0.29, 0.717) is 18.0 Å². The van der Waals surface area contributed by atoms with Gasteiger partial charge < -0.3 is 14.6 Å². The highest BCUT2D eigenvalue weighted by Crippen LogP contribution is 2.39. The molecule has 0 unspecified atom stereocenters. The lowest BCUT2D eigenvalue weighted by molar-refractivity contribution is -0.139. The Balaban J connectivity index is 1.66. The summed E-state index contributed by atoms with van der Waals surface area (Å²) in [6.45, 7) is 0.353. The van der Waals surface area contributed by atoms with E-state index in [9.17, 15) is 9.59 Å². The van der Waals surface area contributed by atoms with Crippen molar-refractivity contribution in [3.05, 3.63) is 59.2 Å². The molecular weight excluding hydrogens is 408 g/mol. The summed E-state index contributed by atoms with van der Waals surface area (Å²) >= 11 is 0. The van der Waals surface area contributed by atoms with E-state index in [2.05, 4.69) is 0 Å². The van der Waals surface area contributed by atoms with Gasteiger partial charge in [0.05, 0.1) is 32.9 Å². The number of ether oxygens (including phenoxy) is 2. The lowest BCUT2D eigenvalue weighted by atomic mass is 9.73. The number of amides is 1. The third-order valence-electron chi connectivity index (χ3n) is 6.31. The number of nitrogens with zero attached hydrogens (tertiary/aromatic N) is 2.